The Morgan fingerprint density at radius 1 is 1.47 bits per heavy atom. The first-order valence-corrected chi connectivity index (χ1v) is 6.86. The monoisotopic (exact) mass is 379 g/mol. The summed E-state index contributed by atoms with van der Waals surface area (Å²) >= 11 is 5.75. The van der Waals surface area contributed by atoms with Crippen LogP contribution in [0.3, 0.4) is 0 Å². The predicted molar refractivity (Wildman–Crippen MR) is 72.4 cm³/mol. The van der Waals surface area contributed by atoms with Gasteiger partial charge in [-0.15, -0.1) is 0 Å². The van der Waals surface area contributed by atoms with Gasteiger partial charge in [-0.1, -0.05) is 28.1 Å². The van der Waals surface area contributed by atoms with E-state index in [0.717, 1.165) is 28.6 Å². The number of amides is 1. The van der Waals surface area contributed by atoms with Gasteiger partial charge in [0.25, 0.3) is 5.91 Å². The highest BCUT2D eigenvalue weighted by molar-refractivity contribution is 14.1. The third-order valence-corrected chi connectivity index (χ3v) is 4.21. The average Bonchev–Trinajstić information content (AvgIpc) is 2.65. The number of carbonyl (C=O) groups excluding carboxylic acids is 1. The number of likely N-dealkylation sites (tertiary alicyclic amines) is 1. The van der Waals surface area contributed by atoms with Crippen molar-refractivity contribution in [2.75, 3.05) is 13.1 Å². The van der Waals surface area contributed by atoms with Crippen molar-refractivity contribution in [3.8, 4) is 0 Å². The third-order valence-electron chi connectivity index (χ3n) is 2.52. The quantitative estimate of drug-likeness (QED) is 0.542. The maximum absolute atomic E-state index is 12.1. The van der Waals surface area contributed by atoms with E-state index in [9.17, 15) is 4.79 Å². The molecule has 0 spiro atoms. The van der Waals surface area contributed by atoms with Gasteiger partial charge in [-0.05, 0) is 41.1 Å². The lowest BCUT2D eigenvalue weighted by molar-refractivity contribution is 0.0792. The molecular weight excluding hydrogens is 369 g/mol. The molecule has 0 aromatic heterocycles. The third kappa shape index (κ3) is 2.53. The maximum Gasteiger partial charge on any atom is 0.254 e. The molecule has 0 N–H and O–H groups in total. The predicted octanol–water partition coefficient (Wildman–Crippen LogP) is 2.90. The molecule has 1 aromatic rings. The summed E-state index contributed by atoms with van der Waals surface area (Å²) in [5, 5.41) is 0. The maximum atomic E-state index is 12.1. The molecule has 0 bridgehead atoms. The topological polar surface area (TPSA) is 20.3 Å². The first-order chi connectivity index (χ1) is 7.18. The van der Waals surface area contributed by atoms with Crippen molar-refractivity contribution in [3.05, 3.63) is 33.4 Å². The van der Waals surface area contributed by atoms with Crippen molar-refractivity contribution >= 4 is 44.4 Å². The molecule has 1 aromatic carbocycles. The number of carbonyl (C=O) groups is 1. The van der Waals surface area contributed by atoms with Crippen LogP contribution >= 0.6 is 38.5 Å². The number of benzene rings is 1. The summed E-state index contributed by atoms with van der Waals surface area (Å²) in [5.74, 6) is 0.155. The van der Waals surface area contributed by atoms with Crippen LogP contribution in [0.4, 0.5) is 0 Å². The summed E-state index contributed by atoms with van der Waals surface area (Å²) < 4.78 is 1.03. The van der Waals surface area contributed by atoms with Crippen LogP contribution < -0.4 is 0 Å². The van der Waals surface area contributed by atoms with Crippen LogP contribution in [-0.2, 0) is 0 Å². The van der Waals surface area contributed by atoms with E-state index in [0.29, 0.717) is 4.83 Å². The van der Waals surface area contributed by atoms with Crippen LogP contribution in [-0.4, -0.2) is 28.7 Å². The average molecular weight is 380 g/mol. The van der Waals surface area contributed by atoms with E-state index in [2.05, 4.69) is 38.5 Å². The zero-order chi connectivity index (χ0) is 10.8. The molecule has 15 heavy (non-hydrogen) atoms. The highest BCUT2D eigenvalue weighted by atomic mass is 127. The Morgan fingerprint density at radius 2 is 2.20 bits per heavy atom. The normalized spacial score (nSPS) is 20.7. The van der Waals surface area contributed by atoms with E-state index in [1.807, 2.05) is 29.2 Å². The van der Waals surface area contributed by atoms with Crippen molar-refractivity contribution in [3.63, 3.8) is 0 Å². The minimum Gasteiger partial charge on any atom is -0.337 e. The first-order valence-electron chi connectivity index (χ1n) is 4.86. The lowest BCUT2D eigenvalue weighted by atomic mass is 10.2. The smallest absolute Gasteiger partial charge is 0.254 e. The Labute approximate surface area is 111 Å². The number of alkyl halides is 1. The molecule has 1 fully saturated rings. The van der Waals surface area contributed by atoms with E-state index >= 15 is 0 Å². The van der Waals surface area contributed by atoms with Gasteiger partial charge in [0.15, 0.2) is 0 Å². The molecular formula is C11H11BrINO. The highest BCUT2D eigenvalue weighted by Crippen LogP contribution is 2.21. The van der Waals surface area contributed by atoms with E-state index in [4.69, 9.17) is 0 Å². The molecule has 1 amide bonds. The molecule has 1 aliphatic heterocycles. The number of nitrogens with zero attached hydrogens (tertiary/aromatic N) is 1. The van der Waals surface area contributed by atoms with Gasteiger partial charge in [-0.2, -0.15) is 0 Å². The minimum absolute atomic E-state index is 0.155. The number of hydrogen-bond acceptors (Lipinski definition) is 1. The molecule has 0 saturated carbocycles. The van der Waals surface area contributed by atoms with Crippen molar-refractivity contribution in [1.82, 2.24) is 4.90 Å². The summed E-state index contributed by atoms with van der Waals surface area (Å²) in [6.07, 6.45) is 1.05. The fourth-order valence-corrected chi connectivity index (χ4v) is 2.88. The van der Waals surface area contributed by atoms with Crippen LogP contribution in [0.1, 0.15) is 16.8 Å². The number of halogens is 2. The second-order valence-electron chi connectivity index (χ2n) is 3.62. The van der Waals surface area contributed by atoms with Gasteiger partial charge < -0.3 is 4.90 Å². The van der Waals surface area contributed by atoms with Crippen molar-refractivity contribution in [2.45, 2.75) is 11.2 Å². The summed E-state index contributed by atoms with van der Waals surface area (Å²) in [7, 11) is 0. The van der Waals surface area contributed by atoms with E-state index in [1.54, 1.807) is 0 Å². The Hall–Kier alpha value is -0.100. The number of rotatable bonds is 1. The molecule has 1 unspecified atom stereocenters. The van der Waals surface area contributed by atoms with E-state index in [1.165, 1.54) is 0 Å². The molecule has 1 aliphatic rings. The van der Waals surface area contributed by atoms with Crippen LogP contribution in [0.2, 0.25) is 0 Å². The molecule has 1 atom stereocenters. The molecule has 0 radical (unpaired) electrons. The Morgan fingerprint density at radius 3 is 2.80 bits per heavy atom. The van der Waals surface area contributed by atoms with Crippen molar-refractivity contribution in [1.29, 1.82) is 0 Å². The second kappa shape index (κ2) is 4.82. The first kappa shape index (κ1) is 11.4. The van der Waals surface area contributed by atoms with E-state index in [-0.39, 0.29) is 5.91 Å². The Bertz CT molecular complexity index is 383. The zero-order valence-corrected chi connectivity index (χ0v) is 11.9. The van der Waals surface area contributed by atoms with Crippen LogP contribution in [0, 0.1) is 3.57 Å². The van der Waals surface area contributed by atoms with Crippen LogP contribution in [0.15, 0.2) is 24.3 Å². The SMILES string of the molecule is O=C(c1ccccc1I)N1CCC(Br)C1. The van der Waals surface area contributed by atoms with Gasteiger partial charge >= 0.3 is 0 Å². The summed E-state index contributed by atoms with van der Waals surface area (Å²) in [4.78, 5) is 14.5. The van der Waals surface area contributed by atoms with Gasteiger partial charge in [0.1, 0.15) is 0 Å². The highest BCUT2D eigenvalue weighted by Gasteiger charge is 2.25. The van der Waals surface area contributed by atoms with Crippen molar-refractivity contribution < 1.29 is 4.79 Å². The van der Waals surface area contributed by atoms with Crippen molar-refractivity contribution in [2.24, 2.45) is 0 Å². The summed E-state index contributed by atoms with van der Waals surface area (Å²) in [6, 6.07) is 7.73. The van der Waals surface area contributed by atoms with Gasteiger partial charge in [0.2, 0.25) is 0 Å². The lowest BCUT2D eigenvalue weighted by Gasteiger charge is -2.16. The molecule has 1 heterocycles. The second-order valence-corrected chi connectivity index (χ2v) is 6.07. The van der Waals surface area contributed by atoms with Gasteiger partial charge in [0, 0.05) is 21.5 Å². The molecule has 4 heteroatoms. The van der Waals surface area contributed by atoms with Gasteiger partial charge in [-0.3, -0.25) is 4.79 Å². The van der Waals surface area contributed by atoms with E-state index < -0.39 is 0 Å². The molecule has 2 rings (SSSR count). The standard InChI is InChI=1S/C11H11BrINO/c12-8-5-6-14(7-8)11(15)9-3-1-2-4-10(9)13/h1-4,8H,5-7H2. The largest absolute Gasteiger partial charge is 0.337 e. The fraction of sp³-hybridized carbons (Fsp3) is 0.364. The van der Waals surface area contributed by atoms with Crippen LogP contribution in [0.25, 0.3) is 0 Å². The van der Waals surface area contributed by atoms with Gasteiger partial charge in [-0.25, -0.2) is 0 Å². The molecule has 2 nitrogen and oxygen atoms in total. The zero-order valence-electron chi connectivity index (χ0n) is 8.12. The van der Waals surface area contributed by atoms with Gasteiger partial charge in [0.05, 0.1) is 5.56 Å². The minimum atomic E-state index is 0.155. The number of hydrogen-bond donors (Lipinski definition) is 0. The Kier molecular flexibility index (Phi) is 3.66. The van der Waals surface area contributed by atoms with Crippen LogP contribution in [0.5, 0.6) is 0 Å². The molecule has 1 saturated heterocycles. The summed E-state index contributed by atoms with van der Waals surface area (Å²) in [6.45, 7) is 1.68. The molecule has 80 valence electrons. The molecule has 0 aliphatic carbocycles. The Balaban J connectivity index is 2.18. The lowest BCUT2D eigenvalue weighted by Crippen LogP contribution is -2.29. The summed E-state index contributed by atoms with van der Waals surface area (Å²) in [5.41, 5.74) is 0.819. The fourth-order valence-electron chi connectivity index (χ4n) is 1.71.